The smallest absolute Gasteiger partial charge is 0.407 e. The summed E-state index contributed by atoms with van der Waals surface area (Å²) in [7, 11) is 0. The van der Waals surface area contributed by atoms with E-state index in [2.05, 4.69) is 19.2 Å². The number of nitrogens with one attached hydrogen (secondary N) is 1. The second-order valence-corrected chi connectivity index (χ2v) is 8.37. The van der Waals surface area contributed by atoms with Crippen LogP contribution in [0.25, 0.3) is 0 Å². The van der Waals surface area contributed by atoms with Crippen molar-refractivity contribution in [3.05, 3.63) is 0 Å². The van der Waals surface area contributed by atoms with Gasteiger partial charge in [0.05, 0.1) is 5.41 Å². The van der Waals surface area contributed by atoms with Gasteiger partial charge in [-0.15, -0.1) is 0 Å². The molecule has 2 N–H and O–H groups in total. The van der Waals surface area contributed by atoms with Crippen LogP contribution in [-0.2, 0) is 9.53 Å². The Morgan fingerprint density at radius 1 is 1.26 bits per heavy atom. The molecule has 0 heterocycles. The molecule has 0 aromatic heterocycles. The van der Waals surface area contributed by atoms with Crippen LogP contribution in [0.1, 0.15) is 73.1 Å². The molecule has 1 amide bonds. The predicted molar refractivity (Wildman–Crippen MR) is 90.3 cm³/mol. The highest BCUT2D eigenvalue weighted by atomic mass is 16.6. The Bertz CT molecular complexity index is 410. The molecule has 1 aliphatic rings. The van der Waals surface area contributed by atoms with E-state index in [-0.39, 0.29) is 6.54 Å². The standard InChI is InChI=1S/C18H33NO4/c1-13(2)7-6-10-18(15(20)21,11-14-8-9-14)12-19-16(22)23-17(3,4)5/h13-14H,6-12H2,1-5H3,(H,19,22)(H,20,21). The van der Waals surface area contributed by atoms with E-state index in [1.54, 1.807) is 20.8 Å². The van der Waals surface area contributed by atoms with Crippen molar-refractivity contribution in [2.45, 2.75) is 78.7 Å². The van der Waals surface area contributed by atoms with E-state index in [9.17, 15) is 14.7 Å². The number of ether oxygens (including phenoxy) is 1. The van der Waals surface area contributed by atoms with Crippen molar-refractivity contribution in [3.8, 4) is 0 Å². The number of carbonyl (C=O) groups excluding carboxylic acids is 1. The number of carboxylic acids is 1. The van der Waals surface area contributed by atoms with Gasteiger partial charge in [0.2, 0.25) is 0 Å². The molecule has 0 aromatic carbocycles. The van der Waals surface area contributed by atoms with Crippen molar-refractivity contribution in [3.63, 3.8) is 0 Å². The van der Waals surface area contributed by atoms with Crippen LogP contribution >= 0.6 is 0 Å². The molecular weight excluding hydrogens is 294 g/mol. The lowest BCUT2D eigenvalue weighted by Gasteiger charge is -2.31. The summed E-state index contributed by atoms with van der Waals surface area (Å²) in [6.45, 7) is 9.81. The van der Waals surface area contributed by atoms with E-state index in [0.29, 0.717) is 24.7 Å². The number of amides is 1. The lowest BCUT2D eigenvalue weighted by atomic mass is 9.77. The molecule has 1 rings (SSSR count). The van der Waals surface area contributed by atoms with E-state index in [1.165, 1.54) is 0 Å². The fourth-order valence-electron chi connectivity index (χ4n) is 2.81. The molecule has 5 heteroatoms. The summed E-state index contributed by atoms with van der Waals surface area (Å²) in [4.78, 5) is 23.9. The minimum atomic E-state index is -0.868. The Labute approximate surface area is 140 Å². The van der Waals surface area contributed by atoms with Crippen LogP contribution < -0.4 is 5.32 Å². The van der Waals surface area contributed by atoms with Gasteiger partial charge in [-0.1, -0.05) is 39.5 Å². The molecule has 0 aromatic rings. The highest BCUT2D eigenvalue weighted by Crippen LogP contribution is 2.43. The van der Waals surface area contributed by atoms with Crippen molar-refractivity contribution in [2.75, 3.05) is 6.54 Å². The van der Waals surface area contributed by atoms with Crippen LogP contribution in [0.15, 0.2) is 0 Å². The zero-order valence-corrected chi connectivity index (χ0v) is 15.3. The van der Waals surface area contributed by atoms with Crippen molar-refractivity contribution in [2.24, 2.45) is 17.3 Å². The molecule has 0 radical (unpaired) electrons. The van der Waals surface area contributed by atoms with Crippen LogP contribution in [0.5, 0.6) is 0 Å². The van der Waals surface area contributed by atoms with Gasteiger partial charge in [-0.2, -0.15) is 0 Å². The normalized spacial score (nSPS) is 17.7. The maximum absolute atomic E-state index is 12.0. The van der Waals surface area contributed by atoms with Crippen LogP contribution in [0, 0.1) is 17.3 Å². The number of carbonyl (C=O) groups is 2. The van der Waals surface area contributed by atoms with Crippen LogP contribution in [0.4, 0.5) is 4.79 Å². The van der Waals surface area contributed by atoms with Gasteiger partial charge in [0, 0.05) is 6.54 Å². The molecule has 1 saturated carbocycles. The molecule has 0 saturated heterocycles. The van der Waals surface area contributed by atoms with Crippen molar-refractivity contribution in [1.82, 2.24) is 5.32 Å². The fourth-order valence-corrected chi connectivity index (χ4v) is 2.81. The lowest BCUT2D eigenvalue weighted by molar-refractivity contribution is -0.150. The first-order chi connectivity index (χ1) is 10.5. The summed E-state index contributed by atoms with van der Waals surface area (Å²) in [5.74, 6) is 0.246. The second-order valence-electron chi connectivity index (χ2n) is 8.37. The summed E-state index contributed by atoms with van der Waals surface area (Å²) in [5.41, 5.74) is -1.45. The van der Waals surface area contributed by atoms with Crippen LogP contribution in [0.2, 0.25) is 0 Å². The summed E-state index contributed by atoms with van der Waals surface area (Å²) >= 11 is 0. The monoisotopic (exact) mass is 327 g/mol. The molecule has 134 valence electrons. The first-order valence-electron chi connectivity index (χ1n) is 8.74. The molecule has 1 unspecified atom stereocenters. The zero-order chi connectivity index (χ0) is 17.7. The zero-order valence-electron chi connectivity index (χ0n) is 15.3. The highest BCUT2D eigenvalue weighted by Gasteiger charge is 2.43. The van der Waals surface area contributed by atoms with E-state index in [1.807, 2.05) is 0 Å². The van der Waals surface area contributed by atoms with Gasteiger partial charge in [-0.25, -0.2) is 4.79 Å². The Hall–Kier alpha value is -1.26. The number of alkyl carbamates (subject to hydrolysis) is 1. The molecule has 23 heavy (non-hydrogen) atoms. The van der Waals surface area contributed by atoms with Crippen molar-refractivity contribution in [1.29, 1.82) is 0 Å². The highest BCUT2D eigenvalue weighted by molar-refractivity contribution is 5.76. The number of hydrogen-bond acceptors (Lipinski definition) is 3. The minimum absolute atomic E-state index is 0.145. The molecule has 0 aliphatic heterocycles. The van der Waals surface area contributed by atoms with E-state index in [0.717, 1.165) is 25.7 Å². The molecule has 5 nitrogen and oxygen atoms in total. The SMILES string of the molecule is CC(C)CCCC(CNC(=O)OC(C)(C)C)(CC1CC1)C(=O)O. The summed E-state index contributed by atoms with van der Waals surface area (Å²) in [6.07, 6.45) is 4.79. The van der Waals surface area contributed by atoms with E-state index in [4.69, 9.17) is 4.74 Å². The summed E-state index contributed by atoms with van der Waals surface area (Å²) in [5, 5.41) is 12.5. The maximum atomic E-state index is 12.0. The van der Waals surface area contributed by atoms with Crippen molar-refractivity contribution >= 4 is 12.1 Å². The molecule has 1 aliphatic carbocycles. The predicted octanol–water partition coefficient (Wildman–Crippen LogP) is 4.21. The van der Waals surface area contributed by atoms with Gasteiger partial charge in [-0.3, -0.25) is 4.79 Å². The Morgan fingerprint density at radius 2 is 1.87 bits per heavy atom. The molecular formula is C18H33NO4. The van der Waals surface area contributed by atoms with Gasteiger partial charge in [0.1, 0.15) is 5.60 Å². The fraction of sp³-hybridized carbons (Fsp3) is 0.889. The third-order valence-corrected chi connectivity index (χ3v) is 4.24. The van der Waals surface area contributed by atoms with Crippen molar-refractivity contribution < 1.29 is 19.4 Å². The average Bonchev–Trinajstić information content (AvgIpc) is 3.16. The number of carboxylic acid groups (broad SMARTS) is 1. The van der Waals surface area contributed by atoms with Gasteiger partial charge < -0.3 is 15.2 Å². The number of rotatable bonds is 9. The second kappa shape index (κ2) is 8.02. The third kappa shape index (κ3) is 7.71. The van der Waals surface area contributed by atoms with E-state index >= 15 is 0 Å². The summed E-state index contributed by atoms with van der Waals surface area (Å²) in [6, 6.07) is 0. The number of hydrogen-bond donors (Lipinski definition) is 2. The van der Waals surface area contributed by atoms with Crippen LogP contribution in [0.3, 0.4) is 0 Å². The van der Waals surface area contributed by atoms with Gasteiger partial charge in [0.25, 0.3) is 0 Å². The minimum Gasteiger partial charge on any atom is -0.481 e. The molecule has 1 atom stereocenters. The molecule has 0 bridgehead atoms. The number of aliphatic carboxylic acids is 1. The van der Waals surface area contributed by atoms with E-state index < -0.39 is 23.1 Å². The van der Waals surface area contributed by atoms with Gasteiger partial charge >= 0.3 is 12.1 Å². The topological polar surface area (TPSA) is 75.6 Å². The first kappa shape index (κ1) is 19.8. The average molecular weight is 327 g/mol. The quantitative estimate of drug-likeness (QED) is 0.665. The van der Waals surface area contributed by atoms with Gasteiger partial charge in [0.15, 0.2) is 0 Å². The first-order valence-corrected chi connectivity index (χ1v) is 8.74. The lowest BCUT2D eigenvalue weighted by Crippen LogP contribution is -2.45. The molecule has 1 fully saturated rings. The molecule has 0 spiro atoms. The Balaban J connectivity index is 2.68. The Kier molecular flexibility index (Phi) is 6.90. The van der Waals surface area contributed by atoms with Crippen LogP contribution in [-0.4, -0.2) is 29.3 Å². The third-order valence-electron chi connectivity index (χ3n) is 4.24. The maximum Gasteiger partial charge on any atom is 0.407 e. The summed E-state index contributed by atoms with van der Waals surface area (Å²) < 4.78 is 5.23. The van der Waals surface area contributed by atoms with Gasteiger partial charge in [-0.05, 0) is 45.4 Å². The Morgan fingerprint density at radius 3 is 2.30 bits per heavy atom. The largest absolute Gasteiger partial charge is 0.481 e.